The van der Waals surface area contributed by atoms with Gasteiger partial charge in [0.1, 0.15) is 23.7 Å². The van der Waals surface area contributed by atoms with E-state index in [0.29, 0.717) is 6.42 Å². The van der Waals surface area contributed by atoms with Gasteiger partial charge >= 0.3 is 5.97 Å². The molecule has 3 aromatic carbocycles. The Bertz CT molecular complexity index is 1510. The van der Waals surface area contributed by atoms with E-state index in [4.69, 9.17) is 5.73 Å². The minimum atomic E-state index is -1.42. The average Bonchev–Trinajstić information content (AvgIpc) is 3.10. The maximum atomic E-state index is 13.8. The Morgan fingerprint density at radius 1 is 0.686 bits per heavy atom. The van der Waals surface area contributed by atoms with Crippen LogP contribution < -0.4 is 27.0 Å². The number of amides is 4. The first-order valence-electron chi connectivity index (χ1n) is 17.5. The number of rotatable bonds is 17. The Hall–Kier alpha value is -5.03. The van der Waals surface area contributed by atoms with Crippen molar-refractivity contribution >= 4 is 29.6 Å². The highest BCUT2D eigenvalue weighted by Crippen LogP contribution is 2.37. The molecule has 0 saturated carbocycles. The number of aliphatic carboxylic acids is 1. The van der Waals surface area contributed by atoms with E-state index in [-0.39, 0.29) is 25.2 Å². The van der Waals surface area contributed by atoms with Crippen molar-refractivity contribution in [3.05, 3.63) is 108 Å². The van der Waals surface area contributed by atoms with E-state index < -0.39 is 64.7 Å². The van der Waals surface area contributed by atoms with E-state index in [1.807, 2.05) is 105 Å². The van der Waals surface area contributed by atoms with Crippen LogP contribution in [0.15, 0.2) is 91.0 Å². The molecule has 0 aliphatic carbocycles. The first-order valence-corrected chi connectivity index (χ1v) is 17.5. The minimum absolute atomic E-state index is 0.0478. The summed E-state index contributed by atoms with van der Waals surface area (Å²) in [6.45, 7) is 10.8. The Kier molecular flexibility index (Phi) is 14.5. The van der Waals surface area contributed by atoms with Crippen LogP contribution in [-0.4, -0.2) is 58.9 Å². The molecule has 3 rings (SSSR count). The van der Waals surface area contributed by atoms with E-state index >= 15 is 0 Å². The Morgan fingerprint density at radius 3 is 1.53 bits per heavy atom. The van der Waals surface area contributed by atoms with Gasteiger partial charge in [0.05, 0.1) is 6.04 Å². The zero-order valence-electron chi connectivity index (χ0n) is 30.4. The van der Waals surface area contributed by atoms with Gasteiger partial charge in [-0.05, 0) is 47.3 Å². The van der Waals surface area contributed by atoms with Gasteiger partial charge in [-0.1, -0.05) is 133 Å². The second-order valence-corrected chi connectivity index (χ2v) is 14.3. The van der Waals surface area contributed by atoms with Crippen LogP contribution >= 0.6 is 0 Å². The molecule has 0 saturated heterocycles. The molecule has 0 unspecified atom stereocenters. The maximum absolute atomic E-state index is 13.8. The topological polar surface area (TPSA) is 180 Å². The molecule has 0 aliphatic rings. The normalized spacial score (nSPS) is 14.0. The summed E-state index contributed by atoms with van der Waals surface area (Å²) >= 11 is 0. The largest absolute Gasteiger partial charge is 0.480 e. The predicted octanol–water partition coefficient (Wildman–Crippen LogP) is 4.24. The number of hydrogen-bond acceptors (Lipinski definition) is 6. The smallest absolute Gasteiger partial charge is 0.326 e. The van der Waals surface area contributed by atoms with Gasteiger partial charge in [0.25, 0.3) is 0 Å². The molecule has 0 aromatic heterocycles. The first-order chi connectivity index (χ1) is 24.1. The van der Waals surface area contributed by atoms with Crippen LogP contribution in [-0.2, 0) is 29.5 Å². The molecular formula is C40H53N5O6. The fourth-order valence-electron chi connectivity index (χ4n) is 5.93. The lowest BCUT2D eigenvalue weighted by Gasteiger charge is -2.37. The van der Waals surface area contributed by atoms with Crippen molar-refractivity contribution in [2.45, 2.75) is 96.9 Å². The Morgan fingerprint density at radius 2 is 1.14 bits per heavy atom. The molecule has 0 bridgehead atoms. The summed E-state index contributed by atoms with van der Waals surface area (Å²) in [5.74, 6) is -3.58. The second kappa shape index (κ2) is 18.3. The Labute approximate surface area is 301 Å². The van der Waals surface area contributed by atoms with Crippen molar-refractivity contribution in [1.29, 1.82) is 0 Å². The van der Waals surface area contributed by atoms with Crippen molar-refractivity contribution in [3.8, 4) is 0 Å². The molecule has 0 fully saturated rings. The van der Waals surface area contributed by atoms with Crippen LogP contribution in [0.2, 0.25) is 0 Å². The van der Waals surface area contributed by atoms with Gasteiger partial charge in [0.15, 0.2) is 0 Å². The molecule has 0 heterocycles. The summed E-state index contributed by atoms with van der Waals surface area (Å²) in [6, 6.07) is 24.3. The average molecular weight is 700 g/mol. The van der Waals surface area contributed by atoms with Crippen LogP contribution in [0.5, 0.6) is 0 Å². The third-order valence-electron chi connectivity index (χ3n) is 8.75. The summed E-state index contributed by atoms with van der Waals surface area (Å²) in [5, 5.41) is 21.3. The minimum Gasteiger partial charge on any atom is -0.480 e. The molecule has 0 aliphatic heterocycles. The van der Waals surface area contributed by atoms with Crippen molar-refractivity contribution in [2.75, 3.05) is 0 Å². The lowest BCUT2D eigenvalue weighted by molar-refractivity contribution is -0.143. The molecule has 0 spiro atoms. The number of carboxylic acid groups (broad SMARTS) is 1. The summed E-state index contributed by atoms with van der Waals surface area (Å²) in [5.41, 5.74) is 6.51. The zero-order chi connectivity index (χ0) is 37.8. The molecular weight excluding hydrogens is 646 g/mol. The lowest BCUT2D eigenvalue weighted by Crippen LogP contribution is -2.60. The van der Waals surface area contributed by atoms with E-state index in [2.05, 4.69) is 21.3 Å². The molecule has 4 atom stereocenters. The zero-order valence-corrected chi connectivity index (χ0v) is 30.4. The molecule has 11 nitrogen and oxygen atoms in total. The van der Waals surface area contributed by atoms with Gasteiger partial charge in [-0.2, -0.15) is 0 Å². The third kappa shape index (κ3) is 11.0. The van der Waals surface area contributed by atoms with E-state index in [1.165, 1.54) is 0 Å². The van der Waals surface area contributed by atoms with Crippen LogP contribution in [0.3, 0.4) is 0 Å². The molecule has 7 N–H and O–H groups in total. The summed E-state index contributed by atoms with van der Waals surface area (Å²) in [4.78, 5) is 66.0. The number of carboxylic acids is 1. The fraction of sp³-hybridized carbons (Fsp3) is 0.425. The molecule has 51 heavy (non-hydrogen) atoms. The third-order valence-corrected chi connectivity index (χ3v) is 8.75. The highest BCUT2D eigenvalue weighted by molar-refractivity contribution is 5.94. The fourth-order valence-corrected chi connectivity index (χ4v) is 5.93. The van der Waals surface area contributed by atoms with Gasteiger partial charge < -0.3 is 32.1 Å². The van der Waals surface area contributed by atoms with Crippen molar-refractivity contribution in [1.82, 2.24) is 21.3 Å². The number of carbonyl (C=O) groups is 5. The van der Waals surface area contributed by atoms with Gasteiger partial charge in [0.2, 0.25) is 23.6 Å². The predicted molar refractivity (Wildman–Crippen MR) is 197 cm³/mol. The van der Waals surface area contributed by atoms with Crippen molar-refractivity contribution in [2.24, 2.45) is 17.1 Å². The second-order valence-electron chi connectivity index (χ2n) is 14.3. The quantitative estimate of drug-likeness (QED) is 0.114. The van der Waals surface area contributed by atoms with Gasteiger partial charge in [-0.3, -0.25) is 19.2 Å². The van der Waals surface area contributed by atoms with E-state index in [9.17, 15) is 29.1 Å². The summed E-state index contributed by atoms with van der Waals surface area (Å²) < 4.78 is 0. The van der Waals surface area contributed by atoms with Gasteiger partial charge in [-0.15, -0.1) is 0 Å². The first kappa shape index (κ1) is 40.4. The van der Waals surface area contributed by atoms with Gasteiger partial charge in [0, 0.05) is 6.42 Å². The highest BCUT2D eigenvalue weighted by atomic mass is 16.4. The Balaban J connectivity index is 1.83. The van der Waals surface area contributed by atoms with Crippen molar-refractivity contribution < 1.29 is 29.1 Å². The molecule has 0 radical (unpaired) electrons. The van der Waals surface area contributed by atoms with Crippen molar-refractivity contribution in [3.63, 3.8) is 0 Å². The summed E-state index contributed by atoms with van der Waals surface area (Å²) in [6.07, 6.45) is 0.155. The van der Waals surface area contributed by atoms with Crippen LogP contribution in [0, 0.1) is 11.3 Å². The number of hydrogen-bond donors (Lipinski definition) is 6. The maximum Gasteiger partial charge on any atom is 0.326 e. The number of carbonyl (C=O) groups excluding carboxylic acids is 4. The molecule has 274 valence electrons. The monoisotopic (exact) mass is 699 g/mol. The lowest BCUT2D eigenvalue weighted by atomic mass is 9.77. The molecule has 11 heteroatoms. The van der Waals surface area contributed by atoms with Gasteiger partial charge in [-0.25, -0.2) is 4.79 Å². The van der Waals surface area contributed by atoms with Crippen LogP contribution in [0.25, 0.3) is 0 Å². The van der Waals surface area contributed by atoms with E-state index in [0.717, 1.165) is 16.7 Å². The van der Waals surface area contributed by atoms with Crippen LogP contribution in [0.1, 0.15) is 83.9 Å². The summed E-state index contributed by atoms with van der Waals surface area (Å²) in [7, 11) is 0. The van der Waals surface area contributed by atoms with E-state index in [1.54, 1.807) is 27.7 Å². The number of benzene rings is 3. The standard InChI is InChI=1S/C40H53N5O6/c1-7-30(41)35(47)44-34(39(4,5)6)37(49)43-32(25-26(2)3)36(48)42-31(38(50)51)23-24-33(46)45-40(27-17-11-8-12-18-27,28-19-13-9-14-20-28)29-21-15-10-16-22-29/h8-22,26,30-32,34H,7,23-25,41H2,1-6H3,(H,42,48)(H,43,49)(H,44,47)(H,45,46)(H,50,51)/t30-,31-,32-,34+/m0/s1. The highest BCUT2D eigenvalue weighted by Gasteiger charge is 2.39. The number of nitrogens with one attached hydrogen (secondary N) is 4. The molecule has 4 amide bonds. The van der Waals surface area contributed by atoms with Crippen LogP contribution in [0.4, 0.5) is 0 Å². The molecule has 3 aromatic rings. The number of nitrogens with two attached hydrogens (primary N) is 1. The SMILES string of the molecule is CC[C@H](N)C(=O)N[C@H](C(=O)N[C@@H](CC(C)C)C(=O)N[C@@H](CCC(=O)NC(c1ccccc1)(c1ccccc1)c1ccccc1)C(=O)O)C(C)(C)C.